The van der Waals surface area contributed by atoms with E-state index in [2.05, 4.69) is 37.2 Å². The Bertz CT molecular complexity index is 661. The molecular weight excluding hydrogens is 402 g/mol. The molecule has 1 atom stereocenters. The van der Waals surface area contributed by atoms with Crippen LogP contribution in [-0.2, 0) is 4.79 Å². The Kier molecular flexibility index (Phi) is 5.25. The summed E-state index contributed by atoms with van der Waals surface area (Å²) < 4.78 is 7.27. The molecule has 110 valence electrons. The number of anilines is 1. The summed E-state index contributed by atoms with van der Waals surface area (Å²) in [5.74, 6) is 0.243. The number of hydrogen-bond donors (Lipinski definition) is 2. The number of aromatic hydroxyl groups is 1. The van der Waals surface area contributed by atoms with Crippen molar-refractivity contribution in [3.05, 3.63) is 51.4 Å². The molecule has 0 bridgehead atoms. The number of halogens is 2. The number of phenolic OH excluding ortho intramolecular Hbond substituents is 1. The maximum atomic E-state index is 12.1. The van der Waals surface area contributed by atoms with E-state index in [0.717, 1.165) is 8.95 Å². The number of nitrogens with one attached hydrogen (secondary N) is 1. The van der Waals surface area contributed by atoms with Crippen LogP contribution in [-0.4, -0.2) is 17.1 Å². The third-order valence-electron chi connectivity index (χ3n) is 2.73. The summed E-state index contributed by atoms with van der Waals surface area (Å²) in [6, 6.07) is 12.0. The molecule has 0 heterocycles. The van der Waals surface area contributed by atoms with Gasteiger partial charge in [0, 0.05) is 4.47 Å². The fraction of sp³-hybridized carbons (Fsp3) is 0.133. The highest BCUT2D eigenvalue weighted by Gasteiger charge is 2.17. The van der Waals surface area contributed by atoms with Crippen molar-refractivity contribution in [1.29, 1.82) is 0 Å². The van der Waals surface area contributed by atoms with Gasteiger partial charge in [0.25, 0.3) is 5.91 Å². The van der Waals surface area contributed by atoms with Crippen molar-refractivity contribution in [2.45, 2.75) is 13.0 Å². The standard InChI is InChI=1S/C15H13Br2NO3/c1-9(21-14-7-6-10(16)8-11(14)17)15(20)18-12-4-2-3-5-13(12)19/h2-9,19H,1H3,(H,18,20)/t9-/m1/s1. The molecule has 0 unspecified atom stereocenters. The van der Waals surface area contributed by atoms with Gasteiger partial charge in [0.15, 0.2) is 6.10 Å². The predicted octanol–water partition coefficient (Wildman–Crippen LogP) is 4.32. The van der Waals surface area contributed by atoms with Gasteiger partial charge in [-0.05, 0) is 53.2 Å². The average Bonchev–Trinajstić information content (AvgIpc) is 2.44. The molecule has 2 rings (SSSR count). The molecule has 2 aromatic rings. The number of carbonyl (C=O) groups excluding carboxylic acids is 1. The number of benzene rings is 2. The van der Waals surface area contributed by atoms with Crippen LogP contribution >= 0.6 is 31.9 Å². The Hall–Kier alpha value is -1.53. The van der Waals surface area contributed by atoms with E-state index < -0.39 is 6.10 Å². The van der Waals surface area contributed by atoms with Gasteiger partial charge in [-0.3, -0.25) is 4.79 Å². The number of rotatable bonds is 4. The van der Waals surface area contributed by atoms with Crippen LogP contribution in [0.2, 0.25) is 0 Å². The van der Waals surface area contributed by atoms with Gasteiger partial charge in [-0.15, -0.1) is 0 Å². The minimum Gasteiger partial charge on any atom is -0.506 e. The first-order chi connectivity index (χ1) is 9.97. The molecule has 1 amide bonds. The molecular formula is C15H13Br2NO3. The van der Waals surface area contributed by atoms with Gasteiger partial charge in [-0.25, -0.2) is 0 Å². The Balaban J connectivity index is 2.04. The third-order valence-corrected chi connectivity index (χ3v) is 3.84. The molecule has 4 nitrogen and oxygen atoms in total. The van der Waals surface area contributed by atoms with Gasteiger partial charge in [0.2, 0.25) is 0 Å². The summed E-state index contributed by atoms with van der Waals surface area (Å²) in [7, 11) is 0. The Morgan fingerprint density at radius 1 is 1.24 bits per heavy atom. The van der Waals surface area contributed by atoms with Crippen molar-refractivity contribution in [1.82, 2.24) is 0 Å². The third kappa shape index (κ3) is 4.22. The molecule has 21 heavy (non-hydrogen) atoms. The molecule has 0 aliphatic rings. The highest BCUT2D eigenvalue weighted by atomic mass is 79.9. The zero-order chi connectivity index (χ0) is 15.4. The first kappa shape index (κ1) is 15.9. The quantitative estimate of drug-likeness (QED) is 0.732. The van der Waals surface area contributed by atoms with Gasteiger partial charge in [-0.1, -0.05) is 28.1 Å². The summed E-state index contributed by atoms with van der Waals surface area (Å²) >= 11 is 6.73. The van der Waals surface area contributed by atoms with Crippen LogP contribution in [0.5, 0.6) is 11.5 Å². The van der Waals surface area contributed by atoms with Crippen LogP contribution in [0.3, 0.4) is 0 Å². The molecule has 6 heteroatoms. The van der Waals surface area contributed by atoms with Crippen molar-refractivity contribution in [3.8, 4) is 11.5 Å². The number of hydrogen-bond acceptors (Lipinski definition) is 3. The van der Waals surface area contributed by atoms with Gasteiger partial charge in [-0.2, -0.15) is 0 Å². The second kappa shape index (κ2) is 6.95. The van der Waals surface area contributed by atoms with Crippen molar-refractivity contribution < 1.29 is 14.6 Å². The van der Waals surface area contributed by atoms with Crippen LogP contribution in [0.1, 0.15) is 6.92 Å². The van der Waals surface area contributed by atoms with E-state index in [1.165, 1.54) is 6.07 Å². The molecule has 0 fully saturated rings. The Morgan fingerprint density at radius 2 is 1.95 bits per heavy atom. The second-order valence-corrected chi connectivity index (χ2v) is 6.11. The minimum absolute atomic E-state index is 0.0165. The topological polar surface area (TPSA) is 58.6 Å². The fourth-order valence-electron chi connectivity index (χ4n) is 1.63. The lowest BCUT2D eigenvalue weighted by Crippen LogP contribution is -2.30. The summed E-state index contributed by atoms with van der Waals surface area (Å²) in [5.41, 5.74) is 0.354. The molecule has 2 N–H and O–H groups in total. The van der Waals surface area contributed by atoms with Gasteiger partial charge in [0.1, 0.15) is 11.5 Å². The summed E-state index contributed by atoms with van der Waals surface area (Å²) in [5, 5.41) is 12.3. The zero-order valence-corrected chi connectivity index (χ0v) is 14.3. The number of carbonyl (C=O) groups is 1. The summed E-state index contributed by atoms with van der Waals surface area (Å²) in [4.78, 5) is 12.1. The highest BCUT2D eigenvalue weighted by Crippen LogP contribution is 2.29. The average molecular weight is 415 g/mol. The maximum absolute atomic E-state index is 12.1. The SMILES string of the molecule is C[C@@H](Oc1ccc(Br)cc1Br)C(=O)Nc1ccccc1O. The van der Waals surface area contributed by atoms with Crippen molar-refractivity contribution in [2.75, 3.05) is 5.32 Å². The summed E-state index contributed by atoms with van der Waals surface area (Å²) in [6.07, 6.45) is -0.706. The van der Waals surface area contributed by atoms with E-state index >= 15 is 0 Å². The van der Waals surface area contributed by atoms with Gasteiger partial charge < -0.3 is 15.2 Å². The van der Waals surface area contributed by atoms with E-state index in [9.17, 15) is 9.90 Å². The molecule has 0 radical (unpaired) electrons. The van der Waals surface area contributed by atoms with Crippen LogP contribution < -0.4 is 10.1 Å². The van der Waals surface area contributed by atoms with E-state index in [1.807, 2.05) is 12.1 Å². The number of para-hydroxylation sites is 2. The van der Waals surface area contributed by atoms with Crippen LogP contribution in [0.25, 0.3) is 0 Å². The largest absolute Gasteiger partial charge is 0.506 e. The predicted molar refractivity (Wildman–Crippen MR) is 88.7 cm³/mol. The van der Waals surface area contributed by atoms with Crippen molar-refractivity contribution >= 4 is 43.5 Å². The molecule has 0 spiro atoms. The summed E-state index contributed by atoms with van der Waals surface area (Å²) in [6.45, 7) is 1.64. The molecule has 0 aromatic heterocycles. The number of phenols is 1. The lowest BCUT2D eigenvalue weighted by molar-refractivity contribution is -0.122. The minimum atomic E-state index is -0.706. The zero-order valence-electron chi connectivity index (χ0n) is 11.1. The molecule has 0 saturated carbocycles. The van der Waals surface area contributed by atoms with Crippen LogP contribution in [0.15, 0.2) is 51.4 Å². The van der Waals surface area contributed by atoms with Crippen LogP contribution in [0, 0.1) is 0 Å². The van der Waals surface area contributed by atoms with Crippen molar-refractivity contribution in [3.63, 3.8) is 0 Å². The number of amides is 1. The lowest BCUT2D eigenvalue weighted by atomic mass is 10.2. The highest BCUT2D eigenvalue weighted by molar-refractivity contribution is 9.11. The lowest BCUT2D eigenvalue weighted by Gasteiger charge is -2.16. The van der Waals surface area contributed by atoms with E-state index in [-0.39, 0.29) is 11.7 Å². The monoisotopic (exact) mass is 413 g/mol. The van der Waals surface area contributed by atoms with E-state index in [0.29, 0.717) is 11.4 Å². The van der Waals surface area contributed by atoms with Gasteiger partial charge >= 0.3 is 0 Å². The van der Waals surface area contributed by atoms with E-state index in [1.54, 1.807) is 31.2 Å². The molecule has 2 aromatic carbocycles. The normalized spacial score (nSPS) is 11.8. The Labute approximate surface area is 139 Å². The fourth-order valence-corrected chi connectivity index (χ4v) is 2.77. The van der Waals surface area contributed by atoms with E-state index in [4.69, 9.17) is 4.74 Å². The second-order valence-electron chi connectivity index (χ2n) is 4.34. The van der Waals surface area contributed by atoms with Crippen molar-refractivity contribution in [2.24, 2.45) is 0 Å². The number of ether oxygens (including phenoxy) is 1. The molecule has 0 saturated heterocycles. The molecule has 0 aliphatic carbocycles. The van der Waals surface area contributed by atoms with Crippen LogP contribution in [0.4, 0.5) is 5.69 Å². The Morgan fingerprint density at radius 3 is 2.62 bits per heavy atom. The maximum Gasteiger partial charge on any atom is 0.265 e. The van der Waals surface area contributed by atoms with Gasteiger partial charge in [0.05, 0.1) is 10.2 Å². The molecule has 0 aliphatic heterocycles. The first-order valence-corrected chi connectivity index (χ1v) is 7.76. The smallest absolute Gasteiger partial charge is 0.265 e. The first-order valence-electron chi connectivity index (χ1n) is 6.18.